The Kier molecular flexibility index (Phi) is 13.9. The number of nitrogens with zero attached hydrogens (tertiary/aromatic N) is 6. The zero-order valence-corrected chi connectivity index (χ0v) is 28.8. The lowest BCUT2D eigenvalue weighted by atomic mass is 10.1. The minimum Gasteiger partial charge on any atom is -0.476 e. The summed E-state index contributed by atoms with van der Waals surface area (Å²) >= 11 is 0. The quantitative estimate of drug-likeness (QED) is 0.183. The summed E-state index contributed by atoms with van der Waals surface area (Å²) in [6.45, 7) is 4.25. The molecule has 4 heterocycles. The van der Waals surface area contributed by atoms with Crippen molar-refractivity contribution in [1.82, 2.24) is 29.5 Å². The predicted octanol–water partition coefficient (Wildman–Crippen LogP) is 5.00. The van der Waals surface area contributed by atoms with Crippen molar-refractivity contribution in [1.29, 1.82) is 0 Å². The highest BCUT2D eigenvalue weighted by molar-refractivity contribution is 6.02. The molecular weight excluding hydrogens is 686 g/mol. The zero-order valence-electron chi connectivity index (χ0n) is 28.8. The summed E-state index contributed by atoms with van der Waals surface area (Å²) in [4.78, 5) is 53.3. The van der Waals surface area contributed by atoms with Crippen molar-refractivity contribution in [3.63, 3.8) is 0 Å². The van der Waals surface area contributed by atoms with Crippen LogP contribution in [0.3, 0.4) is 0 Å². The smallest absolute Gasteiger partial charge is 0.356 e. The molecule has 0 aliphatic carbocycles. The van der Waals surface area contributed by atoms with Crippen LogP contribution in [0.25, 0.3) is 0 Å². The first-order chi connectivity index (χ1) is 25.4. The van der Waals surface area contributed by atoms with E-state index in [1.807, 2.05) is 24.3 Å². The van der Waals surface area contributed by atoms with Crippen molar-refractivity contribution < 1.29 is 23.5 Å². The third-order valence-corrected chi connectivity index (χ3v) is 7.29. The highest BCUT2D eigenvalue weighted by Crippen LogP contribution is 2.13. The molecular formula is C38H36F2N8O5. The molecule has 13 nitrogen and oxygen atoms in total. The van der Waals surface area contributed by atoms with Crippen LogP contribution in [0.2, 0.25) is 0 Å². The maximum atomic E-state index is 13.2. The van der Waals surface area contributed by atoms with Crippen molar-refractivity contribution in [2.24, 2.45) is 0 Å². The summed E-state index contributed by atoms with van der Waals surface area (Å²) < 4.78 is 28.4. The minimum absolute atomic E-state index is 0.114. The van der Waals surface area contributed by atoms with E-state index in [0.29, 0.717) is 37.6 Å². The predicted molar refractivity (Wildman–Crippen MR) is 195 cm³/mol. The molecule has 15 heteroatoms. The van der Waals surface area contributed by atoms with Gasteiger partial charge >= 0.3 is 5.97 Å². The van der Waals surface area contributed by atoms with Gasteiger partial charge in [-0.1, -0.05) is 36.4 Å². The first-order valence-electron chi connectivity index (χ1n) is 16.3. The van der Waals surface area contributed by atoms with Crippen LogP contribution in [-0.2, 0) is 25.9 Å². The average Bonchev–Trinajstić information content (AvgIpc) is 3.14. The first-order valence-corrected chi connectivity index (χ1v) is 16.3. The number of aryl methyl sites for hydroxylation is 2. The summed E-state index contributed by atoms with van der Waals surface area (Å²) in [6, 6.07) is 25.1. The summed E-state index contributed by atoms with van der Waals surface area (Å²) in [5.74, 6) is -1.20. The number of amides is 1. The van der Waals surface area contributed by atoms with Gasteiger partial charge < -0.3 is 16.2 Å². The van der Waals surface area contributed by atoms with Crippen LogP contribution in [0.5, 0.6) is 0 Å². The molecule has 272 valence electrons. The van der Waals surface area contributed by atoms with Gasteiger partial charge in [0.2, 0.25) is 0 Å². The minimum atomic E-state index is -1.13. The Hall–Kier alpha value is -6.90. The number of nitrogens with two attached hydrogens (primary N) is 1. The van der Waals surface area contributed by atoms with Crippen LogP contribution in [0.1, 0.15) is 57.1 Å². The molecule has 53 heavy (non-hydrogen) atoms. The maximum Gasteiger partial charge on any atom is 0.356 e. The lowest BCUT2D eigenvalue weighted by molar-refractivity contribution is 0.0687. The number of carbonyl (C=O) groups excluding carboxylic acids is 1. The van der Waals surface area contributed by atoms with Crippen molar-refractivity contribution in [3.8, 4) is 0 Å². The number of hydrogen-bond acceptors (Lipinski definition) is 9. The van der Waals surface area contributed by atoms with Crippen molar-refractivity contribution in [2.45, 2.75) is 39.8 Å². The van der Waals surface area contributed by atoms with Crippen molar-refractivity contribution in [3.05, 3.63) is 175 Å². The van der Waals surface area contributed by atoms with E-state index in [-0.39, 0.29) is 34.1 Å². The molecule has 0 unspecified atom stereocenters. The SMILES string of the molecule is CCn1nc(C(=O)Nc2ccc(Cc3cccc(F)c3)cn2)ccc1=O.CCn1nc(C(=O)O)ccc1=O.Nc1ccc(Cc2cccc(F)c2)cn1. The maximum absolute atomic E-state index is 13.2. The summed E-state index contributed by atoms with van der Waals surface area (Å²) in [5, 5.41) is 18.8. The fourth-order valence-corrected chi connectivity index (χ4v) is 4.68. The second kappa shape index (κ2) is 18.9. The number of halogens is 2. The molecule has 0 aliphatic rings. The Morgan fingerprint density at radius 2 is 1.19 bits per heavy atom. The Balaban J connectivity index is 0.000000196. The monoisotopic (exact) mass is 722 g/mol. The molecule has 0 atom stereocenters. The van der Waals surface area contributed by atoms with Crippen LogP contribution < -0.4 is 22.2 Å². The number of rotatable bonds is 9. The largest absolute Gasteiger partial charge is 0.476 e. The summed E-state index contributed by atoms with van der Waals surface area (Å²) in [5.41, 5.74) is 8.64. The highest BCUT2D eigenvalue weighted by Gasteiger charge is 2.11. The number of carboxylic acids is 1. The molecule has 1 amide bonds. The molecule has 6 aromatic rings. The Morgan fingerprint density at radius 1 is 0.679 bits per heavy atom. The van der Waals surface area contributed by atoms with Crippen LogP contribution in [0.15, 0.2) is 119 Å². The van der Waals surface area contributed by atoms with E-state index in [0.717, 1.165) is 26.9 Å². The molecule has 0 spiro atoms. The van der Waals surface area contributed by atoms with Crippen LogP contribution in [0, 0.1) is 11.6 Å². The number of aromatic carboxylic acids is 1. The first kappa shape index (κ1) is 38.9. The molecule has 4 N–H and O–H groups in total. The normalized spacial score (nSPS) is 10.3. The lowest BCUT2D eigenvalue weighted by Gasteiger charge is -2.07. The Labute approximate surface area is 302 Å². The van der Waals surface area contributed by atoms with E-state index in [2.05, 4.69) is 25.5 Å². The number of carboxylic acid groups (broad SMARTS) is 1. The van der Waals surface area contributed by atoms with Gasteiger partial charge in [0.1, 0.15) is 29.0 Å². The number of hydrogen-bond donors (Lipinski definition) is 3. The standard InChI is InChI=1S/C19H17FN4O2.C12H11FN2.C7H8N2O3/c1-2-24-18(25)9-7-16(23-24)19(26)22-17-8-6-14(12-21-17)10-13-4-3-5-15(20)11-13;13-11-3-1-2-9(7-11)6-10-4-5-12(14)15-8-10;1-2-9-6(10)4-3-5(8-9)7(11)12/h3-9,11-12H,2,10H2,1H3,(H,21,22,26);1-5,7-8H,6H2,(H2,14,15);3-4H,2H2,1H3,(H,11,12). The lowest BCUT2D eigenvalue weighted by Crippen LogP contribution is -2.25. The van der Waals surface area contributed by atoms with E-state index >= 15 is 0 Å². The number of nitrogens with one attached hydrogen (secondary N) is 1. The molecule has 4 aromatic heterocycles. The van der Waals surface area contributed by atoms with Crippen LogP contribution >= 0.6 is 0 Å². The van der Waals surface area contributed by atoms with Gasteiger partial charge in [-0.05, 0) is 97.5 Å². The fourth-order valence-electron chi connectivity index (χ4n) is 4.68. The number of aromatic nitrogens is 6. The Bertz CT molecular complexity index is 2280. The third kappa shape index (κ3) is 12.1. The van der Waals surface area contributed by atoms with Gasteiger partial charge in [-0.2, -0.15) is 10.2 Å². The van der Waals surface area contributed by atoms with E-state index in [9.17, 15) is 28.0 Å². The van der Waals surface area contributed by atoms with Gasteiger partial charge in [0.15, 0.2) is 5.69 Å². The topological polar surface area (TPSA) is 188 Å². The summed E-state index contributed by atoms with van der Waals surface area (Å²) in [6.07, 6.45) is 4.55. The molecule has 6 rings (SSSR count). The molecule has 0 saturated carbocycles. The second-order valence-electron chi connectivity index (χ2n) is 11.3. The van der Waals surface area contributed by atoms with E-state index in [4.69, 9.17) is 10.8 Å². The number of pyridine rings is 2. The molecule has 0 saturated heterocycles. The van der Waals surface area contributed by atoms with Gasteiger partial charge in [-0.3, -0.25) is 14.4 Å². The van der Waals surface area contributed by atoms with Gasteiger partial charge in [-0.15, -0.1) is 0 Å². The summed E-state index contributed by atoms with van der Waals surface area (Å²) in [7, 11) is 0. The van der Waals surface area contributed by atoms with E-state index in [1.54, 1.807) is 50.5 Å². The van der Waals surface area contributed by atoms with Gasteiger partial charge in [-0.25, -0.2) is 32.9 Å². The van der Waals surface area contributed by atoms with Crippen molar-refractivity contribution in [2.75, 3.05) is 11.1 Å². The average molecular weight is 723 g/mol. The molecule has 0 fully saturated rings. The molecule has 0 aliphatic heterocycles. The molecule has 2 aromatic carbocycles. The van der Waals surface area contributed by atoms with E-state index < -0.39 is 11.9 Å². The van der Waals surface area contributed by atoms with Gasteiger partial charge in [0.25, 0.3) is 17.0 Å². The zero-order chi connectivity index (χ0) is 38.3. The molecule has 0 bridgehead atoms. The fraction of sp³-hybridized carbons (Fsp3) is 0.158. The highest BCUT2D eigenvalue weighted by atomic mass is 19.1. The third-order valence-electron chi connectivity index (χ3n) is 7.29. The van der Waals surface area contributed by atoms with Crippen LogP contribution in [0.4, 0.5) is 20.4 Å². The van der Waals surface area contributed by atoms with Gasteiger partial charge in [0, 0.05) is 37.6 Å². The van der Waals surface area contributed by atoms with Crippen LogP contribution in [-0.4, -0.2) is 46.5 Å². The molecule has 0 radical (unpaired) electrons. The van der Waals surface area contributed by atoms with Crippen molar-refractivity contribution >= 4 is 23.5 Å². The second-order valence-corrected chi connectivity index (χ2v) is 11.3. The number of benzene rings is 2. The van der Waals surface area contributed by atoms with Gasteiger partial charge in [0.05, 0.1) is 0 Å². The van der Waals surface area contributed by atoms with E-state index in [1.165, 1.54) is 53.2 Å². The number of anilines is 2. The number of carbonyl (C=O) groups is 2. The number of nitrogen functional groups attached to an aromatic ring is 1. The Morgan fingerprint density at radius 3 is 1.64 bits per heavy atom.